The third-order valence-electron chi connectivity index (χ3n) is 3.34. The lowest BCUT2D eigenvalue weighted by Gasteiger charge is -2.34. The average molecular weight is 260 g/mol. The highest BCUT2D eigenvalue weighted by Gasteiger charge is 2.22. The maximum atomic E-state index is 3.94. The van der Waals surface area contributed by atoms with Gasteiger partial charge in [-0.15, -0.1) is 0 Å². The fourth-order valence-corrected chi connectivity index (χ4v) is 2.45. The number of nitrogens with zero attached hydrogens (tertiary/aromatic N) is 1. The highest BCUT2D eigenvalue weighted by Crippen LogP contribution is 2.40. The Balaban J connectivity index is 2.24. The van der Waals surface area contributed by atoms with E-state index in [1.54, 1.807) is 0 Å². The number of benzene rings is 2. The molecule has 1 N–H and O–H groups in total. The van der Waals surface area contributed by atoms with Gasteiger partial charge in [0.1, 0.15) is 0 Å². The molecule has 0 amide bonds. The molecule has 0 aromatic heterocycles. The first kappa shape index (κ1) is 12.3. The molecule has 1 aliphatic rings. The Labute approximate surface area is 119 Å². The molecule has 2 aromatic rings. The summed E-state index contributed by atoms with van der Waals surface area (Å²) < 4.78 is 0. The summed E-state index contributed by atoms with van der Waals surface area (Å²) in [5.41, 5.74) is 5.25. The van der Waals surface area contributed by atoms with Gasteiger partial charge < -0.3 is 10.2 Å². The Morgan fingerprint density at radius 3 is 2.25 bits per heavy atom. The predicted molar refractivity (Wildman–Crippen MR) is 86.1 cm³/mol. The van der Waals surface area contributed by atoms with Crippen LogP contribution in [0.3, 0.4) is 0 Å². The number of anilines is 3. The SMILES string of the molecule is C=CC1=C(C=C)N(c2ccccc2)c2ccccc2N1. The normalized spacial score (nSPS) is 13.5. The number of allylic oxidation sites excluding steroid dienone is 2. The molecule has 0 unspecified atom stereocenters. The molecular weight excluding hydrogens is 244 g/mol. The van der Waals surface area contributed by atoms with Crippen molar-refractivity contribution in [1.29, 1.82) is 0 Å². The molecule has 1 heterocycles. The van der Waals surface area contributed by atoms with Crippen LogP contribution >= 0.6 is 0 Å². The second kappa shape index (κ2) is 5.10. The third kappa shape index (κ3) is 1.91. The number of hydrogen-bond acceptors (Lipinski definition) is 2. The Hall–Kier alpha value is -2.74. The molecule has 0 radical (unpaired) electrons. The van der Waals surface area contributed by atoms with Crippen molar-refractivity contribution in [2.45, 2.75) is 0 Å². The summed E-state index contributed by atoms with van der Waals surface area (Å²) in [6.07, 6.45) is 3.68. The van der Waals surface area contributed by atoms with Crippen molar-refractivity contribution in [3.05, 3.63) is 91.3 Å². The van der Waals surface area contributed by atoms with Gasteiger partial charge in [0, 0.05) is 5.69 Å². The lowest BCUT2D eigenvalue weighted by molar-refractivity contribution is 1.15. The highest BCUT2D eigenvalue weighted by atomic mass is 15.2. The van der Waals surface area contributed by atoms with Gasteiger partial charge in [0.15, 0.2) is 0 Å². The summed E-state index contributed by atoms with van der Waals surface area (Å²) >= 11 is 0. The second-order valence-corrected chi connectivity index (χ2v) is 4.52. The van der Waals surface area contributed by atoms with Crippen LogP contribution in [-0.2, 0) is 0 Å². The van der Waals surface area contributed by atoms with Crippen molar-refractivity contribution in [2.75, 3.05) is 10.2 Å². The van der Waals surface area contributed by atoms with Crippen LogP contribution in [0.1, 0.15) is 0 Å². The van der Waals surface area contributed by atoms with E-state index >= 15 is 0 Å². The van der Waals surface area contributed by atoms with Gasteiger partial charge in [0.2, 0.25) is 0 Å². The summed E-state index contributed by atoms with van der Waals surface area (Å²) in [4.78, 5) is 2.19. The number of para-hydroxylation sites is 3. The van der Waals surface area contributed by atoms with Crippen molar-refractivity contribution in [3.63, 3.8) is 0 Å². The minimum absolute atomic E-state index is 0.961. The van der Waals surface area contributed by atoms with Crippen LogP contribution in [0, 0.1) is 0 Å². The van der Waals surface area contributed by atoms with Crippen molar-refractivity contribution in [2.24, 2.45) is 0 Å². The summed E-state index contributed by atoms with van der Waals surface area (Å²) in [5.74, 6) is 0. The first-order valence-corrected chi connectivity index (χ1v) is 6.55. The molecule has 0 spiro atoms. The van der Waals surface area contributed by atoms with Crippen LogP contribution in [0.25, 0.3) is 0 Å². The van der Waals surface area contributed by atoms with Crippen molar-refractivity contribution in [1.82, 2.24) is 0 Å². The maximum absolute atomic E-state index is 3.94. The van der Waals surface area contributed by atoms with Crippen LogP contribution in [0.4, 0.5) is 17.1 Å². The fraction of sp³-hybridized carbons (Fsp3) is 0. The second-order valence-electron chi connectivity index (χ2n) is 4.52. The quantitative estimate of drug-likeness (QED) is 0.850. The summed E-state index contributed by atoms with van der Waals surface area (Å²) in [6, 6.07) is 18.5. The van der Waals surface area contributed by atoms with E-state index in [2.05, 4.69) is 47.6 Å². The van der Waals surface area contributed by atoms with Crippen LogP contribution in [0.15, 0.2) is 91.3 Å². The molecule has 0 aliphatic carbocycles. The van der Waals surface area contributed by atoms with Gasteiger partial charge in [-0.3, -0.25) is 0 Å². The van der Waals surface area contributed by atoms with Crippen LogP contribution in [0.5, 0.6) is 0 Å². The minimum atomic E-state index is 0.961. The fourth-order valence-electron chi connectivity index (χ4n) is 2.45. The molecule has 2 nitrogen and oxygen atoms in total. The zero-order valence-corrected chi connectivity index (χ0v) is 11.2. The molecule has 1 aliphatic heterocycles. The maximum Gasteiger partial charge on any atom is 0.0697 e. The van der Waals surface area contributed by atoms with E-state index in [9.17, 15) is 0 Å². The van der Waals surface area contributed by atoms with Gasteiger partial charge in [-0.05, 0) is 36.4 Å². The smallest absolute Gasteiger partial charge is 0.0697 e. The van der Waals surface area contributed by atoms with E-state index in [0.29, 0.717) is 0 Å². The first-order valence-electron chi connectivity index (χ1n) is 6.55. The van der Waals surface area contributed by atoms with E-state index in [0.717, 1.165) is 28.5 Å². The molecule has 0 fully saturated rings. The summed E-state index contributed by atoms with van der Waals surface area (Å²) in [6.45, 7) is 7.83. The van der Waals surface area contributed by atoms with E-state index in [1.807, 2.05) is 42.5 Å². The lowest BCUT2D eigenvalue weighted by Crippen LogP contribution is -2.24. The molecule has 2 heteroatoms. The topological polar surface area (TPSA) is 15.3 Å². The zero-order chi connectivity index (χ0) is 13.9. The van der Waals surface area contributed by atoms with E-state index in [4.69, 9.17) is 0 Å². The van der Waals surface area contributed by atoms with Gasteiger partial charge >= 0.3 is 0 Å². The monoisotopic (exact) mass is 260 g/mol. The Bertz CT molecular complexity index is 684. The predicted octanol–water partition coefficient (Wildman–Crippen LogP) is 4.83. The van der Waals surface area contributed by atoms with Crippen molar-refractivity contribution in [3.8, 4) is 0 Å². The molecule has 0 bridgehead atoms. The molecule has 2 aromatic carbocycles. The van der Waals surface area contributed by atoms with Gasteiger partial charge in [-0.1, -0.05) is 43.5 Å². The summed E-state index contributed by atoms with van der Waals surface area (Å²) in [5, 5.41) is 3.40. The lowest BCUT2D eigenvalue weighted by atomic mass is 10.1. The minimum Gasteiger partial charge on any atom is -0.352 e. The van der Waals surface area contributed by atoms with Crippen LogP contribution in [0.2, 0.25) is 0 Å². The molecule has 0 saturated heterocycles. The summed E-state index contributed by atoms with van der Waals surface area (Å²) in [7, 11) is 0. The number of hydrogen-bond donors (Lipinski definition) is 1. The number of fused-ring (bicyclic) bond motifs is 1. The van der Waals surface area contributed by atoms with Gasteiger partial charge in [-0.25, -0.2) is 0 Å². The van der Waals surface area contributed by atoms with Gasteiger partial charge in [0.25, 0.3) is 0 Å². The molecule has 20 heavy (non-hydrogen) atoms. The first-order chi connectivity index (χ1) is 9.85. The van der Waals surface area contributed by atoms with Crippen LogP contribution in [-0.4, -0.2) is 0 Å². The van der Waals surface area contributed by atoms with Crippen molar-refractivity contribution >= 4 is 17.1 Å². The Morgan fingerprint density at radius 2 is 1.55 bits per heavy atom. The Morgan fingerprint density at radius 1 is 0.850 bits per heavy atom. The van der Waals surface area contributed by atoms with Gasteiger partial charge in [-0.2, -0.15) is 0 Å². The molecular formula is C18H16N2. The molecule has 3 rings (SSSR count). The zero-order valence-electron chi connectivity index (χ0n) is 11.2. The third-order valence-corrected chi connectivity index (χ3v) is 3.34. The molecule has 98 valence electrons. The largest absolute Gasteiger partial charge is 0.352 e. The Kier molecular flexibility index (Phi) is 3.13. The van der Waals surface area contributed by atoms with Gasteiger partial charge in [0.05, 0.1) is 22.8 Å². The van der Waals surface area contributed by atoms with E-state index in [1.165, 1.54) is 0 Å². The van der Waals surface area contributed by atoms with E-state index < -0.39 is 0 Å². The average Bonchev–Trinajstić information content (AvgIpc) is 2.53. The molecule has 0 atom stereocenters. The van der Waals surface area contributed by atoms with Crippen LogP contribution < -0.4 is 10.2 Å². The number of rotatable bonds is 3. The highest BCUT2D eigenvalue weighted by molar-refractivity contribution is 5.85. The van der Waals surface area contributed by atoms with Crippen molar-refractivity contribution < 1.29 is 0 Å². The van der Waals surface area contributed by atoms with E-state index in [-0.39, 0.29) is 0 Å². The standard InChI is InChI=1S/C18H16N2/c1-3-15-17(4-2)20(14-10-6-5-7-11-14)18-13-9-8-12-16(18)19-15/h3-13,19H,1-2H2. The number of nitrogens with one attached hydrogen (secondary N) is 1. The molecule has 0 saturated carbocycles.